The minimum Gasteiger partial charge on any atom is -0.369 e. The van der Waals surface area contributed by atoms with Gasteiger partial charge in [-0.3, -0.25) is 19.2 Å². The fourth-order valence-electron chi connectivity index (χ4n) is 3.22. The number of nitro groups is 1. The third kappa shape index (κ3) is 2.37. The lowest BCUT2D eigenvalue weighted by Crippen LogP contribution is -2.57. The maximum atomic E-state index is 14.5. The lowest BCUT2D eigenvalue weighted by molar-refractivity contribution is -0.385. The number of benzene rings is 1. The van der Waals surface area contributed by atoms with Crippen LogP contribution in [0.25, 0.3) is 0 Å². The molecule has 0 radical (unpaired) electrons. The Kier molecular flexibility index (Phi) is 3.86. The van der Waals surface area contributed by atoms with E-state index in [1.165, 1.54) is 11.4 Å². The van der Waals surface area contributed by atoms with Crippen LogP contribution in [0.3, 0.4) is 0 Å². The highest BCUT2D eigenvalue weighted by molar-refractivity contribution is 7.84. The predicted octanol–water partition coefficient (Wildman–Crippen LogP) is 0.975. The summed E-state index contributed by atoms with van der Waals surface area (Å²) in [6.07, 6.45) is 0.182. The summed E-state index contributed by atoms with van der Waals surface area (Å²) in [4.78, 5) is 26.6. The molecule has 1 aromatic carbocycles. The smallest absolute Gasteiger partial charge is 0.270 e. The monoisotopic (exact) mass is 354 g/mol. The minimum atomic E-state index is -1.70. The number of nitrogens with two attached hydrogens (primary N) is 1. The molecule has 2 aliphatic rings. The average molecular weight is 354 g/mol. The van der Waals surface area contributed by atoms with Crippen molar-refractivity contribution in [1.82, 2.24) is 4.31 Å². The number of Topliss-reactive ketones (excluding diaryl/α,β-unsaturated/α-hetero) is 1. The summed E-state index contributed by atoms with van der Waals surface area (Å²) in [7, 11) is -0.224. The van der Waals surface area contributed by atoms with Crippen LogP contribution in [0.15, 0.2) is 23.2 Å². The number of rotatable bonds is 2. The first kappa shape index (κ1) is 16.5. The van der Waals surface area contributed by atoms with Gasteiger partial charge in [0.05, 0.1) is 10.2 Å². The van der Waals surface area contributed by atoms with Gasteiger partial charge >= 0.3 is 0 Å². The van der Waals surface area contributed by atoms with Gasteiger partial charge in [-0.2, -0.15) is 0 Å². The van der Waals surface area contributed by atoms with Gasteiger partial charge in [0.1, 0.15) is 28.1 Å². The summed E-state index contributed by atoms with van der Waals surface area (Å²) in [6, 6.07) is 3.14. The normalized spacial score (nSPS) is 29.8. The van der Waals surface area contributed by atoms with Crippen LogP contribution < -0.4 is 5.73 Å². The van der Waals surface area contributed by atoms with Gasteiger partial charge in [-0.15, -0.1) is 0 Å². The largest absolute Gasteiger partial charge is 0.369 e. The van der Waals surface area contributed by atoms with E-state index < -0.39 is 32.5 Å². The van der Waals surface area contributed by atoms with Crippen molar-refractivity contribution in [2.75, 3.05) is 7.05 Å². The van der Waals surface area contributed by atoms with Crippen LogP contribution in [0, 0.1) is 15.9 Å². The zero-order valence-corrected chi connectivity index (χ0v) is 13.6. The Morgan fingerprint density at radius 1 is 1.54 bits per heavy atom. The molecule has 0 aromatic heterocycles. The molecule has 1 fully saturated rings. The second-order valence-corrected chi connectivity index (χ2v) is 7.49. The summed E-state index contributed by atoms with van der Waals surface area (Å²) in [6.45, 7) is 0. The summed E-state index contributed by atoms with van der Waals surface area (Å²) >= 11 is 0. The van der Waals surface area contributed by atoms with E-state index in [1.54, 1.807) is 0 Å². The molecular weight excluding hydrogens is 339 g/mol. The summed E-state index contributed by atoms with van der Waals surface area (Å²) in [5.74, 6) is -0.846. The van der Waals surface area contributed by atoms with Gasteiger partial charge < -0.3 is 5.73 Å². The molecule has 2 N–H and O–H groups in total. The van der Waals surface area contributed by atoms with Crippen LogP contribution >= 0.6 is 0 Å². The molecular formula is C14H15FN4O4S. The van der Waals surface area contributed by atoms with E-state index in [2.05, 4.69) is 4.99 Å². The highest BCUT2D eigenvalue weighted by Gasteiger charge is 2.53. The fraction of sp³-hybridized carbons (Fsp3) is 0.429. The number of carbonyl (C=O) groups is 1. The van der Waals surface area contributed by atoms with E-state index in [0.29, 0.717) is 0 Å². The zero-order chi connectivity index (χ0) is 17.6. The Balaban J connectivity index is 2.25. The number of non-ortho nitro benzene ring substituents is 1. The van der Waals surface area contributed by atoms with Crippen LogP contribution in [-0.2, 0) is 21.3 Å². The molecule has 3 rings (SSSR count). The Hall–Kier alpha value is -2.36. The number of guanidine groups is 1. The van der Waals surface area contributed by atoms with Crippen molar-refractivity contribution in [3.05, 3.63) is 39.7 Å². The summed E-state index contributed by atoms with van der Waals surface area (Å²) in [5.41, 5.74) is 4.14. The number of ketones is 1. The van der Waals surface area contributed by atoms with Crippen LogP contribution in [0.1, 0.15) is 24.8 Å². The lowest BCUT2D eigenvalue weighted by atomic mass is 9.75. The number of carbonyl (C=O) groups excluding carboxylic acids is 1. The van der Waals surface area contributed by atoms with Gasteiger partial charge in [-0.05, 0) is 12.5 Å². The van der Waals surface area contributed by atoms with Crippen molar-refractivity contribution in [1.29, 1.82) is 0 Å². The molecule has 128 valence electrons. The maximum Gasteiger partial charge on any atom is 0.270 e. The van der Waals surface area contributed by atoms with Crippen LogP contribution in [0.2, 0.25) is 0 Å². The number of fused-ring (bicyclic) bond motifs is 1. The van der Waals surface area contributed by atoms with Crippen molar-refractivity contribution in [2.24, 2.45) is 10.7 Å². The molecule has 1 aliphatic carbocycles. The van der Waals surface area contributed by atoms with Gasteiger partial charge in [0.2, 0.25) is 5.96 Å². The average Bonchev–Trinajstić information content (AvgIpc) is 2.54. The SMILES string of the molecule is CN1C(N)=NC2(c3cc([N+](=O)[O-])ccc3F)CCC(=O)CC2S1=O. The molecule has 24 heavy (non-hydrogen) atoms. The highest BCUT2D eigenvalue weighted by atomic mass is 32.2. The highest BCUT2D eigenvalue weighted by Crippen LogP contribution is 2.46. The van der Waals surface area contributed by atoms with Crippen molar-refractivity contribution in [2.45, 2.75) is 30.1 Å². The first-order valence-corrected chi connectivity index (χ1v) is 8.39. The minimum absolute atomic E-state index is 0.0430. The Morgan fingerprint density at radius 2 is 2.25 bits per heavy atom. The van der Waals surface area contributed by atoms with Gasteiger partial charge in [-0.25, -0.2) is 13.6 Å². The van der Waals surface area contributed by atoms with Gasteiger partial charge in [0.25, 0.3) is 5.69 Å². The molecule has 0 bridgehead atoms. The predicted molar refractivity (Wildman–Crippen MR) is 84.9 cm³/mol. The number of hydrogen-bond donors (Lipinski definition) is 1. The van der Waals surface area contributed by atoms with Crippen LogP contribution in [0.5, 0.6) is 0 Å². The molecule has 1 saturated carbocycles. The fourth-order valence-corrected chi connectivity index (χ4v) is 4.79. The van der Waals surface area contributed by atoms with Gasteiger partial charge in [0, 0.05) is 37.6 Å². The maximum absolute atomic E-state index is 14.5. The Bertz CT molecular complexity index is 799. The lowest BCUT2D eigenvalue weighted by Gasteiger charge is -2.45. The number of halogens is 1. The molecule has 1 aliphatic heterocycles. The van der Waals surface area contributed by atoms with Crippen molar-refractivity contribution < 1.29 is 18.3 Å². The molecule has 1 aromatic rings. The number of hydrogen-bond acceptors (Lipinski definition) is 6. The van der Waals surface area contributed by atoms with E-state index in [4.69, 9.17) is 5.73 Å². The molecule has 3 unspecified atom stereocenters. The van der Waals surface area contributed by atoms with E-state index >= 15 is 0 Å². The molecule has 10 heteroatoms. The molecule has 1 heterocycles. The second-order valence-electron chi connectivity index (χ2n) is 5.82. The number of nitrogens with zero attached hydrogens (tertiary/aromatic N) is 3. The summed E-state index contributed by atoms with van der Waals surface area (Å²) < 4.78 is 28.4. The van der Waals surface area contributed by atoms with E-state index in [1.807, 2.05) is 0 Å². The zero-order valence-electron chi connectivity index (χ0n) is 12.8. The van der Waals surface area contributed by atoms with Crippen LogP contribution in [-0.4, -0.2) is 37.5 Å². The second kappa shape index (κ2) is 5.62. The first-order valence-electron chi connectivity index (χ1n) is 7.22. The number of aliphatic imine (C=N–C) groups is 1. The topological polar surface area (TPSA) is 119 Å². The standard InChI is InChI=1S/C14H15FN4O4S/c1-18-13(16)17-14(5-4-9(20)7-12(14)24(18)23)10-6-8(19(21)22)2-3-11(10)15/h2-3,6,12H,4-5,7H2,1H3,(H2,16,17). The van der Waals surface area contributed by atoms with Crippen molar-refractivity contribution in [3.8, 4) is 0 Å². The molecule has 3 atom stereocenters. The molecule has 0 spiro atoms. The first-order chi connectivity index (χ1) is 11.3. The van der Waals surface area contributed by atoms with Crippen LogP contribution in [0.4, 0.5) is 10.1 Å². The Labute approximate surface area is 139 Å². The molecule has 8 nitrogen and oxygen atoms in total. The van der Waals surface area contributed by atoms with Crippen molar-refractivity contribution >= 4 is 28.4 Å². The summed E-state index contributed by atoms with van der Waals surface area (Å²) in [5, 5.41) is 10.2. The van der Waals surface area contributed by atoms with E-state index in [0.717, 1.165) is 18.2 Å². The number of nitro benzene ring substituents is 1. The third-order valence-corrected chi connectivity index (χ3v) is 6.28. The molecule has 0 saturated heterocycles. The van der Waals surface area contributed by atoms with E-state index in [-0.39, 0.29) is 42.3 Å². The van der Waals surface area contributed by atoms with E-state index in [9.17, 15) is 23.5 Å². The van der Waals surface area contributed by atoms with Gasteiger partial charge in [0.15, 0.2) is 0 Å². The Morgan fingerprint density at radius 3 is 2.92 bits per heavy atom. The van der Waals surface area contributed by atoms with Crippen molar-refractivity contribution in [3.63, 3.8) is 0 Å². The quantitative estimate of drug-likeness (QED) is 0.627. The van der Waals surface area contributed by atoms with Gasteiger partial charge in [-0.1, -0.05) is 0 Å². The third-order valence-electron chi connectivity index (χ3n) is 4.51. The molecule has 0 amide bonds.